The first-order valence-electron chi connectivity index (χ1n) is 6.91. The van der Waals surface area contributed by atoms with E-state index >= 15 is 0 Å². The number of halogens is 1. The van der Waals surface area contributed by atoms with Crippen LogP contribution in [0.1, 0.15) is 33.9 Å². The van der Waals surface area contributed by atoms with Crippen LogP contribution in [-0.2, 0) is 11.2 Å². The Kier molecular flexibility index (Phi) is 3.60. The SMILES string of the molecule is COC(=O)c1ccccc1NC1CCc2cc(F)ccc21. The van der Waals surface area contributed by atoms with Crippen molar-refractivity contribution in [3.63, 3.8) is 0 Å². The van der Waals surface area contributed by atoms with Gasteiger partial charge in [0.25, 0.3) is 0 Å². The Morgan fingerprint density at radius 3 is 2.90 bits per heavy atom. The monoisotopic (exact) mass is 285 g/mol. The molecule has 1 aliphatic rings. The third kappa shape index (κ3) is 2.61. The van der Waals surface area contributed by atoms with Crippen molar-refractivity contribution in [1.29, 1.82) is 0 Å². The number of hydrogen-bond donors (Lipinski definition) is 1. The van der Waals surface area contributed by atoms with Crippen LogP contribution in [0.15, 0.2) is 42.5 Å². The number of carbonyl (C=O) groups excluding carboxylic acids is 1. The van der Waals surface area contributed by atoms with Gasteiger partial charge in [-0.15, -0.1) is 0 Å². The summed E-state index contributed by atoms with van der Waals surface area (Å²) >= 11 is 0. The van der Waals surface area contributed by atoms with Crippen molar-refractivity contribution in [2.45, 2.75) is 18.9 Å². The molecule has 0 spiro atoms. The van der Waals surface area contributed by atoms with Gasteiger partial charge in [-0.1, -0.05) is 18.2 Å². The summed E-state index contributed by atoms with van der Waals surface area (Å²) in [6, 6.07) is 12.2. The van der Waals surface area contributed by atoms with E-state index in [0.717, 1.165) is 29.7 Å². The van der Waals surface area contributed by atoms with Gasteiger partial charge in [-0.25, -0.2) is 9.18 Å². The van der Waals surface area contributed by atoms with E-state index in [0.29, 0.717) is 5.56 Å². The zero-order chi connectivity index (χ0) is 14.8. The number of rotatable bonds is 3. The maximum absolute atomic E-state index is 13.3. The minimum atomic E-state index is -0.365. The first kappa shape index (κ1) is 13.6. The van der Waals surface area contributed by atoms with E-state index in [-0.39, 0.29) is 17.8 Å². The highest BCUT2D eigenvalue weighted by molar-refractivity contribution is 5.95. The Hall–Kier alpha value is -2.36. The number of anilines is 1. The van der Waals surface area contributed by atoms with E-state index in [1.807, 2.05) is 18.2 Å². The number of ether oxygens (including phenoxy) is 1. The van der Waals surface area contributed by atoms with E-state index in [2.05, 4.69) is 5.32 Å². The average molecular weight is 285 g/mol. The van der Waals surface area contributed by atoms with E-state index < -0.39 is 0 Å². The summed E-state index contributed by atoms with van der Waals surface area (Å²) < 4.78 is 18.0. The summed E-state index contributed by atoms with van der Waals surface area (Å²) in [5.74, 6) is -0.570. The van der Waals surface area contributed by atoms with Gasteiger partial charge in [0.1, 0.15) is 5.82 Å². The summed E-state index contributed by atoms with van der Waals surface area (Å²) in [5.41, 5.74) is 3.38. The summed E-state index contributed by atoms with van der Waals surface area (Å²) in [6.07, 6.45) is 1.72. The normalized spacial score (nSPS) is 16.4. The molecule has 0 aromatic heterocycles. The number of hydrogen-bond acceptors (Lipinski definition) is 3. The largest absolute Gasteiger partial charge is 0.465 e. The Balaban J connectivity index is 1.88. The fraction of sp³-hybridized carbons (Fsp3) is 0.235. The highest BCUT2D eigenvalue weighted by Crippen LogP contribution is 2.35. The van der Waals surface area contributed by atoms with Crippen LogP contribution in [0.5, 0.6) is 0 Å². The van der Waals surface area contributed by atoms with Gasteiger partial charge in [-0.3, -0.25) is 0 Å². The maximum atomic E-state index is 13.3. The van der Waals surface area contributed by atoms with Crippen molar-refractivity contribution >= 4 is 11.7 Å². The summed E-state index contributed by atoms with van der Waals surface area (Å²) in [7, 11) is 1.37. The Morgan fingerprint density at radius 1 is 1.29 bits per heavy atom. The van der Waals surface area contributed by atoms with Gasteiger partial charge in [0, 0.05) is 5.69 Å². The predicted molar refractivity (Wildman–Crippen MR) is 78.9 cm³/mol. The quantitative estimate of drug-likeness (QED) is 0.874. The molecule has 2 aromatic rings. The van der Waals surface area contributed by atoms with E-state index in [1.165, 1.54) is 13.2 Å². The first-order valence-corrected chi connectivity index (χ1v) is 6.91. The van der Waals surface area contributed by atoms with Crippen LogP contribution in [0.4, 0.5) is 10.1 Å². The topological polar surface area (TPSA) is 38.3 Å². The molecule has 0 radical (unpaired) electrons. The molecule has 0 saturated carbocycles. The lowest BCUT2D eigenvalue weighted by Crippen LogP contribution is -2.12. The molecule has 1 aliphatic carbocycles. The van der Waals surface area contributed by atoms with Crippen LogP contribution < -0.4 is 5.32 Å². The van der Waals surface area contributed by atoms with Crippen LogP contribution in [0.25, 0.3) is 0 Å². The summed E-state index contributed by atoms with van der Waals surface area (Å²) in [4.78, 5) is 11.8. The zero-order valence-electron chi connectivity index (χ0n) is 11.7. The molecule has 1 N–H and O–H groups in total. The van der Waals surface area contributed by atoms with Crippen LogP contribution in [0.2, 0.25) is 0 Å². The second-order valence-electron chi connectivity index (χ2n) is 5.12. The molecule has 0 bridgehead atoms. The number of aryl methyl sites for hydroxylation is 1. The van der Waals surface area contributed by atoms with E-state index in [9.17, 15) is 9.18 Å². The van der Waals surface area contributed by atoms with Crippen molar-refractivity contribution in [3.8, 4) is 0 Å². The second kappa shape index (κ2) is 5.56. The molecule has 0 amide bonds. The number of carbonyl (C=O) groups is 1. The molecule has 0 heterocycles. The molecule has 2 aromatic carbocycles. The minimum Gasteiger partial charge on any atom is -0.465 e. The number of para-hydroxylation sites is 1. The second-order valence-corrected chi connectivity index (χ2v) is 5.12. The Bertz CT molecular complexity index is 684. The van der Waals surface area contributed by atoms with Gasteiger partial charge in [-0.05, 0) is 48.2 Å². The molecule has 0 aliphatic heterocycles. The number of fused-ring (bicyclic) bond motifs is 1. The standard InChI is InChI=1S/C17H16FNO2/c1-21-17(20)14-4-2-3-5-15(14)19-16-9-6-11-10-12(18)7-8-13(11)16/h2-5,7-8,10,16,19H,6,9H2,1H3. The molecule has 0 saturated heterocycles. The fourth-order valence-electron chi connectivity index (χ4n) is 2.82. The van der Waals surface area contributed by atoms with E-state index in [4.69, 9.17) is 4.74 Å². The Labute approximate surface area is 122 Å². The number of benzene rings is 2. The molecule has 3 rings (SSSR count). The van der Waals surface area contributed by atoms with Crippen LogP contribution in [0.3, 0.4) is 0 Å². The molecule has 1 atom stereocenters. The van der Waals surface area contributed by atoms with Crippen molar-refractivity contribution in [1.82, 2.24) is 0 Å². The molecule has 0 fully saturated rings. The molecule has 1 unspecified atom stereocenters. The van der Waals surface area contributed by atoms with Crippen molar-refractivity contribution < 1.29 is 13.9 Å². The molecular formula is C17H16FNO2. The predicted octanol–water partition coefficient (Wildman–Crippen LogP) is 3.71. The van der Waals surface area contributed by atoms with Gasteiger partial charge in [0.2, 0.25) is 0 Å². The molecule has 4 heteroatoms. The fourth-order valence-corrected chi connectivity index (χ4v) is 2.82. The Morgan fingerprint density at radius 2 is 2.10 bits per heavy atom. The van der Waals surface area contributed by atoms with Gasteiger partial charge in [-0.2, -0.15) is 0 Å². The minimum absolute atomic E-state index is 0.0893. The first-order chi connectivity index (χ1) is 10.2. The van der Waals surface area contributed by atoms with Crippen LogP contribution >= 0.6 is 0 Å². The average Bonchev–Trinajstić information content (AvgIpc) is 2.89. The van der Waals surface area contributed by atoms with Crippen molar-refractivity contribution in [3.05, 3.63) is 65.0 Å². The molecule has 3 nitrogen and oxygen atoms in total. The van der Waals surface area contributed by atoms with Gasteiger partial charge in [0.15, 0.2) is 0 Å². The van der Waals surface area contributed by atoms with Crippen molar-refractivity contribution in [2.75, 3.05) is 12.4 Å². The third-order valence-electron chi connectivity index (χ3n) is 3.84. The highest BCUT2D eigenvalue weighted by Gasteiger charge is 2.24. The lowest BCUT2D eigenvalue weighted by atomic mass is 10.1. The maximum Gasteiger partial charge on any atom is 0.339 e. The zero-order valence-corrected chi connectivity index (χ0v) is 11.7. The third-order valence-corrected chi connectivity index (χ3v) is 3.84. The molecule has 21 heavy (non-hydrogen) atoms. The smallest absolute Gasteiger partial charge is 0.339 e. The van der Waals surface area contributed by atoms with E-state index in [1.54, 1.807) is 18.2 Å². The highest BCUT2D eigenvalue weighted by atomic mass is 19.1. The number of methoxy groups -OCH3 is 1. The molecule has 108 valence electrons. The van der Waals surface area contributed by atoms with Gasteiger partial charge < -0.3 is 10.1 Å². The lowest BCUT2D eigenvalue weighted by Gasteiger charge is -2.17. The lowest BCUT2D eigenvalue weighted by molar-refractivity contribution is 0.0602. The van der Waals surface area contributed by atoms with Crippen molar-refractivity contribution in [2.24, 2.45) is 0 Å². The number of esters is 1. The summed E-state index contributed by atoms with van der Waals surface area (Å²) in [5, 5.41) is 3.38. The van der Waals surface area contributed by atoms with Gasteiger partial charge >= 0.3 is 5.97 Å². The van der Waals surface area contributed by atoms with Gasteiger partial charge in [0.05, 0.1) is 18.7 Å². The summed E-state index contributed by atoms with van der Waals surface area (Å²) in [6.45, 7) is 0. The number of nitrogens with one attached hydrogen (secondary N) is 1. The van der Waals surface area contributed by atoms with Crippen LogP contribution in [0, 0.1) is 5.82 Å². The van der Waals surface area contributed by atoms with Crippen LogP contribution in [-0.4, -0.2) is 13.1 Å². The molecular weight excluding hydrogens is 269 g/mol.